The molecular weight excluding hydrogens is 368 g/mol. The van der Waals surface area contributed by atoms with E-state index in [-0.39, 0.29) is 0 Å². The zero-order valence-corrected chi connectivity index (χ0v) is 16.3. The number of nitrogens with one attached hydrogen (secondary N) is 2. The van der Waals surface area contributed by atoms with Gasteiger partial charge in [-0.05, 0) is 29.9 Å². The molecule has 2 N–H and O–H groups in total. The first-order valence-electron chi connectivity index (χ1n) is 9.63. The van der Waals surface area contributed by atoms with Crippen LogP contribution in [-0.2, 0) is 6.54 Å². The lowest BCUT2D eigenvalue weighted by Gasteiger charge is -2.32. The van der Waals surface area contributed by atoms with Crippen molar-refractivity contribution in [3.05, 3.63) is 59.7 Å². The van der Waals surface area contributed by atoms with Gasteiger partial charge in [0, 0.05) is 25.7 Å². The van der Waals surface area contributed by atoms with Crippen LogP contribution < -0.4 is 5.32 Å². The summed E-state index contributed by atoms with van der Waals surface area (Å²) in [6.07, 6.45) is 3.88. The smallest absolute Gasteiger partial charge is 0.183 e. The zero-order valence-electron chi connectivity index (χ0n) is 15.5. The summed E-state index contributed by atoms with van der Waals surface area (Å²) >= 11 is 1.65. The van der Waals surface area contributed by atoms with Crippen molar-refractivity contribution in [3.63, 3.8) is 0 Å². The molecule has 0 radical (unpaired) electrons. The number of piperidine rings is 1. The number of nitrogens with zero attached hydrogens (tertiary/aromatic N) is 4. The highest BCUT2D eigenvalue weighted by Crippen LogP contribution is 2.27. The highest BCUT2D eigenvalue weighted by molar-refractivity contribution is 7.13. The van der Waals surface area contributed by atoms with Crippen LogP contribution in [0.15, 0.2) is 54.2 Å². The molecule has 7 heteroatoms. The number of thiophene rings is 1. The Morgan fingerprint density at radius 2 is 1.93 bits per heavy atom. The molecule has 1 saturated heterocycles. The van der Waals surface area contributed by atoms with E-state index in [0.29, 0.717) is 11.7 Å². The monoisotopic (exact) mass is 390 g/mol. The van der Waals surface area contributed by atoms with Crippen LogP contribution in [0.4, 0.5) is 5.82 Å². The first-order valence-corrected chi connectivity index (χ1v) is 10.5. The number of benzene rings is 1. The molecular formula is C21H22N6S. The van der Waals surface area contributed by atoms with Crippen molar-refractivity contribution >= 4 is 28.3 Å². The predicted octanol–water partition coefficient (Wildman–Crippen LogP) is 4.16. The molecule has 1 aliphatic heterocycles. The third-order valence-electron chi connectivity index (χ3n) is 5.20. The number of fused-ring (bicyclic) bond motifs is 1. The van der Waals surface area contributed by atoms with Crippen molar-refractivity contribution in [2.24, 2.45) is 0 Å². The molecule has 1 fully saturated rings. The summed E-state index contributed by atoms with van der Waals surface area (Å²) in [7, 11) is 0. The van der Waals surface area contributed by atoms with Crippen LogP contribution >= 0.6 is 11.3 Å². The number of hydrogen-bond acceptors (Lipinski definition) is 6. The third kappa shape index (κ3) is 3.63. The standard InChI is InChI=1S/C21H22N6S/c1-2-5-15(6-3-1)13-27-10-8-16(9-11-27)24-21-18-20(23-14-22-18)25-19(26-21)17-7-4-12-28-17/h1-7,12,14,16H,8-11,13H2,(H2,22,23,24,25,26). The molecule has 0 atom stereocenters. The van der Waals surface area contributed by atoms with Crippen LogP contribution in [0.5, 0.6) is 0 Å². The second-order valence-corrected chi connectivity index (χ2v) is 8.10. The van der Waals surface area contributed by atoms with Gasteiger partial charge < -0.3 is 10.3 Å². The summed E-state index contributed by atoms with van der Waals surface area (Å²) in [6.45, 7) is 3.19. The molecule has 6 nitrogen and oxygen atoms in total. The highest BCUT2D eigenvalue weighted by Gasteiger charge is 2.21. The highest BCUT2D eigenvalue weighted by atomic mass is 32.1. The number of imidazole rings is 1. The van der Waals surface area contributed by atoms with Crippen molar-refractivity contribution in [1.82, 2.24) is 24.8 Å². The second-order valence-electron chi connectivity index (χ2n) is 7.15. The number of H-pyrrole nitrogens is 1. The maximum Gasteiger partial charge on any atom is 0.183 e. The Morgan fingerprint density at radius 1 is 1.07 bits per heavy atom. The Balaban J connectivity index is 1.29. The van der Waals surface area contributed by atoms with Gasteiger partial charge in [-0.3, -0.25) is 4.90 Å². The fourth-order valence-corrected chi connectivity index (χ4v) is 4.38. The molecule has 1 aliphatic rings. The van der Waals surface area contributed by atoms with Crippen molar-refractivity contribution in [3.8, 4) is 10.7 Å². The van der Waals surface area contributed by atoms with Crippen molar-refractivity contribution < 1.29 is 0 Å². The van der Waals surface area contributed by atoms with E-state index in [4.69, 9.17) is 4.98 Å². The number of aromatic nitrogens is 4. The maximum absolute atomic E-state index is 4.80. The summed E-state index contributed by atoms with van der Waals surface area (Å²) in [6, 6.07) is 15.2. The third-order valence-corrected chi connectivity index (χ3v) is 6.07. The lowest BCUT2D eigenvalue weighted by atomic mass is 10.0. The van der Waals surface area contributed by atoms with E-state index in [9.17, 15) is 0 Å². The lowest BCUT2D eigenvalue weighted by molar-refractivity contribution is 0.211. The molecule has 0 unspecified atom stereocenters. The SMILES string of the molecule is c1ccc(CN2CCC(Nc3nc(-c4cccs4)nc4nc[nH]c34)CC2)cc1. The molecule has 0 amide bonds. The quantitative estimate of drug-likeness (QED) is 0.535. The van der Waals surface area contributed by atoms with E-state index in [0.717, 1.165) is 54.5 Å². The van der Waals surface area contributed by atoms with Gasteiger partial charge in [-0.25, -0.2) is 15.0 Å². The van der Waals surface area contributed by atoms with E-state index in [1.165, 1.54) is 5.56 Å². The first-order chi connectivity index (χ1) is 13.8. The van der Waals surface area contributed by atoms with Gasteiger partial charge in [-0.2, -0.15) is 0 Å². The normalized spacial score (nSPS) is 15.9. The van der Waals surface area contributed by atoms with Gasteiger partial charge in [-0.15, -0.1) is 11.3 Å². The van der Waals surface area contributed by atoms with E-state index < -0.39 is 0 Å². The van der Waals surface area contributed by atoms with Gasteiger partial charge in [0.15, 0.2) is 17.3 Å². The minimum Gasteiger partial charge on any atom is -0.365 e. The molecule has 1 aromatic carbocycles. The molecule has 4 aromatic rings. The Kier molecular flexibility index (Phi) is 4.76. The maximum atomic E-state index is 4.80. The molecule has 142 valence electrons. The second kappa shape index (κ2) is 7.69. The van der Waals surface area contributed by atoms with Crippen LogP contribution in [-0.4, -0.2) is 44.0 Å². The van der Waals surface area contributed by atoms with Gasteiger partial charge in [0.1, 0.15) is 5.52 Å². The molecule has 28 heavy (non-hydrogen) atoms. The van der Waals surface area contributed by atoms with Crippen LogP contribution in [0.3, 0.4) is 0 Å². The predicted molar refractivity (Wildman–Crippen MR) is 113 cm³/mol. The summed E-state index contributed by atoms with van der Waals surface area (Å²) in [5.41, 5.74) is 2.97. The summed E-state index contributed by atoms with van der Waals surface area (Å²) < 4.78 is 0. The molecule has 3 aromatic heterocycles. The minimum atomic E-state index is 0.407. The summed E-state index contributed by atoms with van der Waals surface area (Å²) in [4.78, 5) is 20.5. The zero-order chi connectivity index (χ0) is 18.8. The number of rotatable bonds is 5. The van der Waals surface area contributed by atoms with Gasteiger partial charge in [0.05, 0.1) is 11.2 Å². The van der Waals surface area contributed by atoms with Crippen molar-refractivity contribution in [2.75, 3.05) is 18.4 Å². The molecule has 4 heterocycles. The Hall–Kier alpha value is -2.77. The van der Waals surface area contributed by atoms with Gasteiger partial charge in [0.2, 0.25) is 0 Å². The summed E-state index contributed by atoms with van der Waals surface area (Å²) in [5, 5.41) is 5.70. The fourth-order valence-electron chi connectivity index (χ4n) is 3.72. The van der Waals surface area contributed by atoms with Crippen LogP contribution in [0, 0.1) is 0 Å². The topological polar surface area (TPSA) is 69.7 Å². The molecule has 0 saturated carbocycles. The average Bonchev–Trinajstić information content (AvgIpc) is 3.42. The van der Waals surface area contributed by atoms with Crippen LogP contribution in [0.1, 0.15) is 18.4 Å². The molecule has 0 spiro atoms. The Morgan fingerprint density at radius 3 is 2.71 bits per heavy atom. The Labute approximate surface area is 167 Å². The molecule has 0 bridgehead atoms. The fraction of sp³-hybridized carbons (Fsp3) is 0.286. The van der Waals surface area contributed by atoms with E-state index in [1.54, 1.807) is 17.7 Å². The summed E-state index contributed by atoms with van der Waals surface area (Å²) in [5.74, 6) is 1.59. The average molecular weight is 391 g/mol. The van der Waals surface area contributed by atoms with Gasteiger partial charge >= 0.3 is 0 Å². The number of anilines is 1. The van der Waals surface area contributed by atoms with Crippen molar-refractivity contribution in [2.45, 2.75) is 25.4 Å². The molecule has 5 rings (SSSR count). The van der Waals surface area contributed by atoms with Crippen LogP contribution in [0.25, 0.3) is 21.9 Å². The minimum absolute atomic E-state index is 0.407. The van der Waals surface area contributed by atoms with Crippen molar-refractivity contribution in [1.29, 1.82) is 0 Å². The number of aromatic amines is 1. The van der Waals surface area contributed by atoms with Gasteiger partial charge in [-0.1, -0.05) is 36.4 Å². The number of likely N-dealkylation sites (tertiary alicyclic amines) is 1. The largest absolute Gasteiger partial charge is 0.365 e. The first kappa shape index (κ1) is 17.3. The van der Waals surface area contributed by atoms with Gasteiger partial charge in [0.25, 0.3) is 0 Å². The van der Waals surface area contributed by atoms with E-state index in [2.05, 4.69) is 55.5 Å². The Bertz CT molecular complexity index is 1040. The lowest BCUT2D eigenvalue weighted by Crippen LogP contribution is -2.38. The molecule has 0 aliphatic carbocycles. The number of hydrogen-bond donors (Lipinski definition) is 2. The van der Waals surface area contributed by atoms with E-state index >= 15 is 0 Å². The van der Waals surface area contributed by atoms with E-state index in [1.807, 2.05) is 17.5 Å². The van der Waals surface area contributed by atoms with Crippen LogP contribution in [0.2, 0.25) is 0 Å².